The van der Waals surface area contributed by atoms with E-state index in [0.29, 0.717) is 13.0 Å². The summed E-state index contributed by atoms with van der Waals surface area (Å²) < 4.78 is 0. The Bertz CT molecular complexity index is 807. The number of aryl methyl sites for hydroxylation is 1. The van der Waals surface area contributed by atoms with Crippen molar-refractivity contribution in [3.63, 3.8) is 0 Å². The molecule has 2 N–H and O–H groups in total. The van der Waals surface area contributed by atoms with Crippen molar-refractivity contribution in [3.05, 3.63) is 48.3 Å². The van der Waals surface area contributed by atoms with Crippen LogP contribution in [0.2, 0.25) is 0 Å². The quantitative estimate of drug-likeness (QED) is 0.883. The van der Waals surface area contributed by atoms with Crippen LogP contribution in [0, 0.1) is 18.8 Å². The minimum Gasteiger partial charge on any atom is -0.481 e. The highest BCUT2D eigenvalue weighted by atomic mass is 16.4. The molecule has 2 unspecified atom stereocenters. The van der Waals surface area contributed by atoms with E-state index < -0.39 is 11.9 Å². The smallest absolute Gasteiger partial charge is 0.321 e. The summed E-state index contributed by atoms with van der Waals surface area (Å²) in [4.78, 5) is 29.7. The fraction of sp³-hybridized carbons (Fsp3) is 0.350. The van der Waals surface area contributed by atoms with E-state index in [1.165, 1.54) is 0 Å². The van der Waals surface area contributed by atoms with Crippen LogP contribution in [0.15, 0.2) is 42.7 Å². The number of carbonyl (C=O) groups excluding carboxylic acids is 1. The van der Waals surface area contributed by atoms with Crippen molar-refractivity contribution in [1.82, 2.24) is 9.88 Å². The monoisotopic (exact) mass is 353 g/mol. The third-order valence-corrected chi connectivity index (χ3v) is 4.77. The number of nitrogens with zero attached hydrogens (tertiary/aromatic N) is 2. The summed E-state index contributed by atoms with van der Waals surface area (Å²) in [7, 11) is 0. The molecule has 6 heteroatoms. The van der Waals surface area contributed by atoms with Crippen LogP contribution in [0.3, 0.4) is 0 Å². The Morgan fingerprint density at radius 3 is 2.73 bits per heavy atom. The Labute approximate surface area is 152 Å². The summed E-state index contributed by atoms with van der Waals surface area (Å²) >= 11 is 0. The molecule has 2 aromatic rings. The van der Waals surface area contributed by atoms with E-state index in [9.17, 15) is 14.7 Å². The van der Waals surface area contributed by atoms with Crippen molar-refractivity contribution in [1.29, 1.82) is 0 Å². The molecular weight excluding hydrogens is 330 g/mol. The molecule has 0 spiro atoms. The third-order valence-electron chi connectivity index (χ3n) is 4.77. The van der Waals surface area contributed by atoms with Crippen molar-refractivity contribution >= 4 is 17.7 Å². The molecule has 0 saturated carbocycles. The zero-order valence-corrected chi connectivity index (χ0v) is 15.0. The van der Waals surface area contributed by atoms with Crippen LogP contribution in [0.25, 0.3) is 11.1 Å². The van der Waals surface area contributed by atoms with Crippen molar-refractivity contribution in [2.75, 3.05) is 18.4 Å². The predicted molar refractivity (Wildman–Crippen MR) is 99.9 cm³/mol. The number of rotatable bonds is 3. The number of hydrogen-bond donors (Lipinski definition) is 2. The van der Waals surface area contributed by atoms with Gasteiger partial charge in [-0.1, -0.05) is 25.1 Å². The van der Waals surface area contributed by atoms with Gasteiger partial charge in [0.25, 0.3) is 0 Å². The van der Waals surface area contributed by atoms with Crippen LogP contribution in [0.4, 0.5) is 10.5 Å². The number of carboxylic acids is 1. The minimum atomic E-state index is -0.843. The van der Waals surface area contributed by atoms with Crippen molar-refractivity contribution in [3.8, 4) is 11.1 Å². The van der Waals surface area contributed by atoms with E-state index in [1.54, 1.807) is 17.3 Å². The lowest BCUT2D eigenvalue weighted by atomic mass is 9.91. The van der Waals surface area contributed by atoms with E-state index in [1.807, 2.05) is 44.2 Å². The molecule has 1 aliphatic heterocycles. The summed E-state index contributed by atoms with van der Waals surface area (Å²) in [5, 5.41) is 12.2. The fourth-order valence-electron chi connectivity index (χ4n) is 3.36. The lowest BCUT2D eigenvalue weighted by molar-refractivity contribution is -0.143. The number of anilines is 1. The van der Waals surface area contributed by atoms with E-state index in [-0.39, 0.29) is 18.5 Å². The van der Waals surface area contributed by atoms with Gasteiger partial charge in [-0.15, -0.1) is 0 Å². The van der Waals surface area contributed by atoms with E-state index in [0.717, 1.165) is 22.4 Å². The molecule has 0 bridgehead atoms. The highest BCUT2D eigenvalue weighted by Gasteiger charge is 2.32. The Morgan fingerprint density at radius 2 is 2.04 bits per heavy atom. The number of amides is 2. The first kappa shape index (κ1) is 17.9. The molecule has 136 valence electrons. The van der Waals surface area contributed by atoms with Gasteiger partial charge in [0.05, 0.1) is 5.92 Å². The maximum atomic E-state index is 12.7. The first-order valence-corrected chi connectivity index (χ1v) is 8.74. The molecule has 1 saturated heterocycles. The molecular formula is C20H23N3O3. The van der Waals surface area contributed by atoms with E-state index in [2.05, 4.69) is 10.3 Å². The van der Waals surface area contributed by atoms with Crippen LogP contribution < -0.4 is 5.32 Å². The van der Waals surface area contributed by atoms with Gasteiger partial charge in [0.1, 0.15) is 0 Å². The zero-order chi connectivity index (χ0) is 18.7. The molecule has 1 aliphatic rings. The van der Waals surface area contributed by atoms with Gasteiger partial charge in [-0.3, -0.25) is 9.78 Å². The van der Waals surface area contributed by atoms with Crippen molar-refractivity contribution in [2.24, 2.45) is 11.8 Å². The highest BCUT2D eigenvalue weighted by molar-refractivity contribution is 5.91. The topological polar surface area (TPSA) is 82.5 Å². The number of aliphatic carboxylic acids is 1. The van der Waals surface area contributed by atoms with Crippen molar-refractivity contribution < 1.29 is 14.7 Å². The SMILES string of the molecule is Cc1ccc(-c2cccnc2)cc1NC(=O)N1CC(C)CC(C(=O)O)C1. The summed E-state index contributed by atoms with van der Waals surface area (Å²) in [5.74, 6) is -1.19. The van der Waals surface area contributed by atoms with Crippen molar-refractivity contribution in [2.45, 2.75) is 20.3 Å². The second kappa shape index (κ2) is 7.56. The lowest BCUT2D eigenvalue weighted by Gasteiger charge is -2.34. The normalized spacial score (nSPS) is 19.8. The van der Waals surface area contributed by atoms with Crippen LogP contribution >= 0.6 is 0 Å². The molecule has 6 nitrogen and oxygen atoms in total. The summed E-state index contributed by atoms with van der Waals surface area (Å²) in [6.07, 6.45) is 4.10. The first-order chi connectivity index (χ1) is 12.4. The number of aromatic nitrogens is 1. The maximum Gasteiger partial charge on any atom is 0.321 e. The number of carbonyl (C=O) groups is 2. The molecule has 0 radical (unpaired) electrons. The molecule has 2 amide bonds. The maximum absolute atomic E-state index is 12.7. The van der Waals surface area contributed by atoms with E-state index in [4.69, 9.17) is 0 Å². The molecule has 2 heterocycles. The van der Waals surface area contributed by atoms with Crippen LogP contribution in [-0.4, -0.2) is 40.1 Å². The molecule has 2 atom stereocenters. The Hall–Kier alpha value is -2.89. The summed E-state index contributed by atoms with van der Waals surface area (Å²) in [6.45, 7) is 4.72. The highest BCUT2D eigenvalue weighted by Crippen LogP contribution is 2.26. The number of carboxylic acid groups (broad SMARTS) is 1. The number of hydrogen-bond acceptors (Lipinski definition) is 3. The summed E-state index contributed by atoms with van der Waals surface area (Å²) in [5.41, 5.74) is 3.61. The van der Waals surface area contributed by atoms with Crippen LogP contribution in [0.1, 0.15) is 18.9 Å². The predicted octanol–water partition coefficient (Wildman–Crippen LogP) is 3.63. The van der Waals surface area contributed by atoms with Gasteiger partial charge in [-0.25, -0.2) is 4.79 Å². The van der Waals surface area contributed by atoms with Gasteiger partial charge in [0, 0.05) is 36.7 Å². The molecule has 3 rings (SSSR count). The van der Waals surface area contributed by atoms with Gasteiger partial charge in [-0.2, -0.15) is 0 Å². The average molecular weight is 353 g/mol. The largest absolute Gasteiger partial charge is 0.481 e. The number of pyridine rings is 1. The van der Waals surface area contributed by atoms with Crippen LogP contribution in [0.5, 0.6) is 0 Å². The Balaban J connectivity index is 1.77. The van der Waals surface area contributed by atoms with Gasteiger partial charge in [-0.05, 0) is 42.5 Å². The third kappa shape index (κ3) is 4.02. The van der Waals surface area contributed by atoms with Gasteiger partial charge < -0.3 is 15.3 Å². The Morgan fingerprint density at radius 1 is 1.23 bits per heavy atom. The molecule has 1 fully saturated rings. The number of piperidine rings is 1. The standard InChI is InChI=1S/C20H23N3O3/c1-13-8-17(19(24)25)12-23(11-13)20(26)22-18-9-15(6-5-14(18)2)16-4-3-7-21-10-16/h3-7,9-10,13,17H,8,11-12H2,1-2H3,(H,22,26)(H,24,25). The zero-order valence-electron chi connectivity index (χ0n) is 15.0. The summed E-state index contributed by atoms with van der Waals surface area (Å²) in [6, 6.07) is 9.45. The molecule has 0 aliphatic carbocycles. The Kier molecular flexibility index (Phi) is 5.21. The van der Waals surface area contributed by atoms with E-state index >= 15 is 0 Å². The van der Waals surface area contributed by atoms with Gasteiger partial charge in [0.15, 0.2) is 0 Å². The number of likely N-dealkylation sites (tertiary alicyclic amines) is 1. The number of nitrogens with one attached hydrogen (secondary N) is 1. The van der Waals surface area contributed by atoms with Gasteiger partial charge >= 0.3 is 12.0 Å². The number of benzene rings is 1. The molecule has 26 heavy (non-hydrogen) atoms. The second-order valence-corrected chi connectivity index (χ2v) is 6.98. The molecule has 1 aromatic heterocycles. The second-order valence-electron chi connectivity index (χ2n) is 6.98. The average Bonchev–Trinajstić information content (AvgIpc) is 2.63. The fourth-order valence-corrected chi connectivity index (χ4v) is 3.36. The van der Waals surface area contributed by atoms with Crippen LogP contribution in [-0.2, 0) is 4.79 Å². The minimum absolute atomic E-state index is 0.165. The molecule has 1 aromatic carbocycles. The first-order valence-electron chi connectivity index (χ1n) is 8.74. The number of urea groups is 1. The lowest BCUT2D eigenvalue weighted by Crippen LogP contribution is -2.47. The van der Waals surface area contributed by atoms with Gasteiger partial charge in [0.2, 0.25) is 0 Å².